The van der Waals surface area contributed by atoms with Gasteiger partial charge in [0.1, 0.15) is 16.5 Å². The van der Waals surface area contributed by atoms with Gasteiger partial charge in [-0.05, 0) is 24.6 Å². The van der Waals surface area contributed by atoms with Gasteiger partial charge in [-0.1, -0.05) is 42.0 Å². The highest BCUT2D eigenvalue weighted by atomic mass is 32.1. The van der Waals surface area contributed by atoms with E-state index in [4.69, 9.17) is 9.72 Å². The van der Waals surface area contributed by atoms with Gasteiger partial charge in [0.15, 0.2) is 0 Å². The summed E-state index contributed by atoms with van der Waals surface area (Å²) in [5.41, 5.74) is 3.49. The Labute approximate surface area is 165 Å². The summed E-state index contributed by atoms with van der Waals surface area (Å²) in [4.78, 5) is 18.9. The van der Waals surface area contributed by atoms with Crippen LogP contribution in [0.25, 0.3) is 32.7 Å². The second-order valence-corrected chi connectivity index (χ2v) is 7.45. The molecule has 0 aliphatic rings. The number of hydrogen-bond donors (Lipinski definition) is 0. The summed E-state index contributed by atoms with van der Waals surface area (Å²) >= 11 is 1.42. The molecular weight excluding hydrogens is 375 g/mol. The Morgan fingerprint density at radius 2 is 1.75 bits per heavy atom. The van der Waals surface area contributed by atoms with E-state index in [2.05, 4.69) is 0 Å². The van der Waals surface area contributed by atoms with E-state index in [0.29, 0.717) is 29.2 Å². The highest BCUT2D eigenvalue weighted by Crippen LogP contribution is 2.32. The van der Waals surface area contributed by atoms with Crippen molar-refractivity contribution in [2.45, 2.75) is 13.5 Å². The van der Waals surface area contributed by atoms with Crippen molar-refractivity contribution in [2.24, 2.45) is 0 Å². The van der Waals surface area contributed by atoms with E-state index >= 15 is 0 Å². The van der Waals surface area contributed by atoms with Gasteiger partial charge in [0.05, 0.1) is 18.5 Å². The van der Waals surface area contributed by atoms with Crippen molar-refractivity contribution >= 4 is 21.6 Å². The van der Waals surface area contributed by atoms with Crippen LogP contribution in [0.2, 0.25) is 0 Å². The maximum absolute atomic E-state index is 13.4. The maximum atomic E-state index is 13.4. The molecule has 0 N–H and O–H groups in total. The molecule has 142 valence electrons. The smallest absolute Gasteiger partial charge is 0.263 e. The quantitative estimate of drug-likeness (QED) is 0.484. The Morgan fingerprint density at radius 3 is 2.43 bits per heavy atom. The monoisotopic (exact) mass is 394 g/mol. The second kappa shape index (κ2) is 7.66. The van der Waals surface area contributed by atoms with Crippen LogP contribution in [0.4, 0.5) is 4.39 Å². The van der Waals surface area contributed by atoms with Gasteiger partial charge in [0.25, 0.3) is 5.56 Å². The molecule has 0 unspecified atom stereocenters. The topological polar surface area (TPSA) is 44.1 Å². The lowest BCUT2D eigenvalue weighted by Gasteiger charge is -2.13. The number of halogens is 1. The van der Waals surface area contributed by atoms with Gasteiger partial charge in [0.2, 0.25) is 0 Å². The number of benzene rings is 2. The fourth-order valence-corrected chi connectivity index (χ4v) is 4.12. The third kappa shape index (κ3) is 3.37. The van der Waals surface area contributed by atoms with Crippen molar-refractivity contribution in [1.29, 1.82) is 0 Å². The summed E-state index contributed by atoms with van der Waals surface area (Å²) in [6, 6.07) is 14.1. The van der Waals surface area contributed by atoms with Gasteiger partial charge in [-0.2, -0.15) is 0 Å². The van der Waals surface area contributed by atoms with Crippen LogP contribution in [0.3, 0.4) is 0 Å². The third-order valence-electron chi connectivity index (χ3n) is 4.68. The summed E-state index contributed by atoms with van der Waals surface area (Å²) in [5.74, 6) is 0.322. The number of nitrogens with zero attached hydrogens (tertiary/aromatic N) is 2. The molecule has 0 radical (unpaired) electrons. The average Bonchev–Trinajstić information content (AvgIpc) is 3.13. The van der Waals surface area contributed by atoms with Crippen LogP contribution >= 0.6 is 11.3 Å². The van der Waals surface area contributed by atoms with E-state index in [1.807, 2.05) is 36.6 Å². The molecule has 4 rings (SSSR count). The van der Waals surface area contributed by atoms with E-state index in [1.54, 1.807) is 23.8 Å². The summed E-state index contributed by atoms with van der Waals surface area (Å²) < 4.78 is 20.2. The average molecular weight is 394 g/mol. The minimum Gasteiger partial charge on any atom is -0.383 e. The molecule has 2 heterocycles. The lowest BCUT2D eigenvalue weighted by Crippen LogP contribution is -2.25. The highest BCUT2D eigenvalue weighted by Gasteiger charge is 2.18. The van der Waals surface area contributed by atoms with Crippen LogP contribution in [0.5, 0.6) is 0 Å². The molecule has 0 spiro atoms. The zero-order valence-corrected chi connectivity index (χ0v) is 16.4. The first-order chi connectivity index (χ1) is 13.6. The lowest BCUT2D eigenvalue weighted by atomic mass is 10.1. The first kappa shape index (κ1) is 18.5. The van der Waals surface area contributed by atoms with Crippen molar-refractivity contribution in [3.8, 4) is 22.5 Å². The molecule has 6 heteroatoms. The number of aryl methyl sites for hydroxylation is 1. The molecule has 0 aliphatic carbocycles. The lowest BCUT2D eigenvalue weighted by molar-refractivity contribution is 0.186. The number of hydrogen-bond acceptors (Lipinski definition) is 4. The van der Waals surface area contributed by atoms with Gasteiger partial charge in [-0.15, -0.1) is 11.3 Å². The van der Waals surface area contributed by atoms with Gasteiger partial charge in [0, 0.05) is 23.6 Å². The van der Waals surface area contributed by atoms with E-state index < -0.39 is 0 Å². The van der Waals surface area contributed by atoms with Crippen LogP contribution in [0.15, 0.2) is 58.7 Å². The van der Waals surface area contributed by atoms with Crippen molar-refractivity contribution in [3.05, 3.63) is 75.6 Å². The highest BCUT2D eigenvalue weighted by molar-refractivity contribution is 7.17. The maximum Gasteiger partial charge on any atom is 0.263 e. The summed E-state index contributed by atoms with van der Waals surface area (Å²) in [7, 11) is 1.61. The summed E-state index contributed by atoms with van der Waals surface area (Å²) in [6.45, 7) is 2.83. The fraction of sp³-hybridized carbons (Fsp3) is 0.182. The zero-order valence-electron chi connectivity index (χ0n) is 15.6. The van der Waals surface area contributed by atoms with Gasteiger partial charge in [-0.25, -0.2) is 9.37 Å². The summed E-state index contributed by atoms with van der Waals surface area (Å²) in [5, 5.41) is 2.47. The molecule has 0 amide bonds. The number of rotatable bonds is 5. The molecule has 0 saturated heterocycles. The van der Waals surface area contributed by atoms with Crippen LogP contribution in [-0.2, 0) is 11.3 Å². The molecule has 0 aliphatic heterocycles. The van der Waals surface area contributed by atoms with Gasteiger partial charge >= 0.3 is 0 Å². The predicted molar refractivity (Wildman–Crippen MR) is 111 cm³/mol. The molecule has 28 heavy (non-hydrogen) atoms. The Kier molecular flexibility index (Phi) is 5.07. The fourth-order valence-electron chi connectivity index (χ4n) is 3.18. The molecule has 0 fully saturated rings. The molecule has 0 bridgehead atoms. The Bertz CT molecular complexity index is 1180. The third-order valence-corrected chi connectivity index (χ3v) is 5.55. The standard InChI is InChI=1S/C22H19FN2O2S/c1-14-3-5-16(6-4-14)20-24-21-19(22(26)25(20)11-12-27-2)18(13-28-21)15-7-9-17(23)10-8-15/h3-10,13H,11-12H2,1-2H3. The van der Waals surface area contributed by atoms with Crippen molar-refractivity contribution in [1.82, 2.24) is 9.55 Å². The molecule has 4 nitrogen and oxygen atoms in total. The minimum atomic E-state index is -0.305. The van der Waals surface area contributed by atoms with Crippen LogP contribution in [0, 0.1) is 12.7 Å². The van der Waals surface area contributed by atoms with Gasteiger partial charge < -0.3 is 4.74 Å². The molecule has 2 aromatic carbocycles. The van der Waals surface area contributed by atoms with Crippen LogP contribution in [0.1, 0.15) is 5.56 Å². The van der Waals surface area contributed by atoms with E-state index in [0.717, 1.165) is 22.3 Å². The molecule has 2 aromatic heterocycles. The first-order valence-corrected chi connectivity index (χ1v) is 9.80. The number of aromatic nitrogens is 2. The van der Waals surface area contributed by atoms with Crippen molar-refractivity contribution in [2.75, 3.05) is 13.7 Å². The second-order valence-electron chi connectivity index (χ2n) is 6.59. The van der Waals surface area contributed by atoms with E-state index in [-0.39, 0.29) is 11.4 Å². The van der Waals surface area contributed by atoms with Crippen LogP contribution < -0.4 is 5.56 Å². The first-order valence-electron chi connectivity index (χ1n) is 8.92. The van der Waals surface area contributed by atoms with E-state index in [9.17, 15) is 9.18 Å². The molecule has 0 saturated carbocycles. The van der Waals surface area contributed by atoms with Crippen molar-refractivity contribution in [3.63, 3.8) is 0 Å². The van der Waals surface area contributed by atoms with Crippen LogP contribution in [-0.4, -0.2) is 23.3 Å². The molecule has 0 atom stereocenters. The Morgan fingerprint density at radius 1 is 1.07 bits per heavy atom. The number of ether oxygens (including phenoxy) is 1. The Hall–Kier alpha value is -2.83. The molecule has 4 aromatic rings. The molecular formula is C22H19FN2O2S. The predicted octanol–water partition coefficient (Wildman–Crippen LogP) is 4.89. The normalized spacial score (nSPS) is 11.2. The number of fused-ring (bicyclic) bond motifs is 1. The Balaban J connectivity index is 1.95. The van der Waals surface area contributed by atoms with Gasteiger partial charge in [-0.3, -0.25) is 9.36 Å². The minimum absolute atomic E-state index is 0.113. The number of methoxy groups -OCH3 is 1. The number of thiophene rings is 1. The SMILES string of the molecule is COCCn1c(-c2ccc(C)cc2)nc2scc(-c3ccc(F)cc3)c2c1=O. The van der Waals surface area contributed by atoms with Crippen molar-refractivity contribution < 1.29 is 9.13 Å². The summed E-state index contributed by atoms with van der Waals surface area (Å²) in [6.07, 6.45) is 0. The largest absolute Gasteiger partial charge is 0.383 e. The van der Waals surface area contributed by atoms with E-state index in [1.165, 1.54) is 23.5 Å². The zero-order chi connectivity index (χ0) is 19.7.